The fourth-order valence-electron chi connectivity index (χ4n) is 2.38. The number of nitrogens with one attached hydrogen (secondary N) is 1. The molecule has 2 rings (SSSR count). The highest BCUT2D eigenvalue weighted by atomic mass is 16.5. The SMILES string of the molecule is CC(C)Oc1ccccc1CNCC1CCOCC1. The molecule has 0 atom stereocenters. The molecule has 0 spiro atoms. The summed E-state index contributed by atoms with van der Waals surface area (Å²) < 4.78 is 11.2. The lowest BCUT2D eigenvalue weighted by molar-refractivity contribution is 0.0662. The highest BCUT2D eigenvalue weighted by molar-refractivity contribution is 5.33. The van der Waals surface area contributed by atoms with Gasteiger partial charge in [-0.15, -0.1) is 0 Å². The number of hydrogen-bond acceptors (Lipinski definition) is 3. The summed E-state index contributed by atoms with van der Waals surface area (Å²) in [5.74, 6) is 1.75. The third-order valence-corrected chi connectivity index (χ3v) is 3.42. The van der Waals surface area contributed by atoms with Gasteiger partial charge in [0.05, 0.1) is 6.10 Å². The van der Waals surface area contributed by atoms with Crippen LogP contribution in [0.1, 0.15) is 32.3 Å². The largest absolute Gasteiger partial charge is 0.491 e. The summed E-state index contributed by atoms with van der Waals surface area (Å²) in [5, 5.41) is 3.55. The van der Waals surface area contributed by atoms with Gasteiger partial charge in [-0.3, -0.25) is 0 Å². The summed E-state index contributed by atoms with van der Waals surface area (Å²) in [4.78, 5) is 0. The minimum Gasteiger partial charge on any atom is -0.491 e. The van der Waals surface area contributed by atoms with E-state index in [2.05, 4.69) is 31.3 Å². The average Bonchev–Trinajstić information content (AvgIpc) is 2.41. The first kappa shape index (κ1) is 14.4. The Morgan fingerprint density at radius 2 is 2.00 bits per heavy atom. The van der Waals surface area contributed by atoms with Crippen LogP contribution in [0.4, 0.5) is 0 Å². The summed E-state index contributed by atoms with van der Waals surface area (Å²) >= 11 is 0. The molecule has 3 nitrogen and oxygen atoms in total. The Morgan fingerprint density at radius 1 is 1.26 bits per heavy atom. The maximum absolute atomic E-state index is 5.83. The monoisotopic (exact) mass is 263 g/mol. The minimum atomic E-state index is 0.219. The van der Waals surface area contributed by atoms with Crippen molar-refractivity contribution < 1.29 is 9.47 Å². The predicted octanol–water partition coefficient (Wildman–Crippen LogP) is 2.99. The van der Waals surface area contributed by atoms with E-state index in [9.17, 15) is 0 Å². The molecule has 0 aromatic heterocycles. The van der Waals surface area contributed by atoms with E-state index in [0.29, 0.717) is 0 Å². The maximum Gasteiger partial charge on any atom is 0.124 e. The smallest absolute Gasteiger partial charge is 0.124 e. The van der Waals surface area contributed by atoms with Crippen molar-refractivity contribution in [3.63, 3.8) is 0 Å². The van der Waals surface area contributed by atoms with Crippen LogP contribution in [-0.2, 0) is 11.3 Å². The first-order valence-corrected chi connectivity index (χ1v) is 7.28. The third kappa shape index (κ3) is 4.84. The van der Waals surface area contributed by atoms with Gasteiger partial charge in [-0.2, -0.15) is 0 Å². The molecular weight excluding hydrogens is 238 g/mol. The molecule has 1 aromatic carbocycles. The topological polar surface area (TPSA) is 30.5 Å². The predicted molar refractivity (Wildman–Crippen MR) is 77.5 cm³/mol. The minimum absolute atomic E-state index is 0.219. The van der Waals surface area contributed by atoms with Crippen molar-refractivity contribution >= 4 is 0 Å². The van der Waals surface area contributed by atoms with E-state index in [1.807, 2.05) is 12.1 Å². The van der Waals surface area contributed by atoms with E-state index >= 15 is 0 Å². The second kappa shape index (κ2) is 7.51. The Balaban J connectivity index is 1.81. The maximum atomic E-state index is 5.83. The number of benzene rings is 1. The molecule has 0 radical (unpaired) electrons. The molecule has 106 valence electrons. The van der Waals surface area contributed by atoms with Crippen molar-refractivity contribution in [3.05, 3.63) is 29.8 Å². The van der Waals surface area contributed by atoms with Crippen molar-refractivity contribution in [3.8, 4) is 5.75 Å². The molecule has 0 bridgehead atoms. The third-order valence-electron chi connectivity index (χ3n) is 3.42. The van der Waals surface area contributed by atoms with Crippen LogP contribution in [0.5, 0.6) is 5.75 Å². The molecule has 1 saturated heterocycles. The summed E-state index contributed by atoms with van der Waals surface area (Å²) in [6.45, 7) is 7.90. The Bertz CT molecular complexity index is 373. The zero-order valence-electron chi connectivity index (χ0n) is 12.0. The van der Waals surface area contributed by atoms with Crippen LogP contribution in [0.2, 0.25) is 0 Å². The van der Waals surface area contributed by atoms with Gasteiger partial charge in [0.1, 0.15) is 5.75 Å². The first-order valence-electron chi connectivity index (χ1n) is 7.28. The second-order valence-electron chi connectivity index (χ2n) is 5.46. The Labute approximate surface area is 116 Å². The lowest BCUT2D eigenvalue weighted by Crippen LogP contribution is -2.27. The summed E-state index contributed by atoms with van der Waals surface area (Å²) in [5.41, 5.74) is 1.24. The van der Waals surface area contributed by atoms with Gasteiger partial charge < -0.3 is 14.8 Å². The van der Waals surface area contributed by atoms with E-state index in [4.69, 9.17) is 9.47 Å². The van der Waals surface area contributed by atoms with Crippen LogP contribution in [-0.4, -0.2) is 25.9 Å². The summed E-state index contributed by atoms with van der Waals surface area (Å²) in [6.07, 6.45) is 2.57. The molecule has 0 saturated carbocycles. The molecule has 1 N–H and O–H groups in total. The van der Waals surface area contributed by atoms with Crippen LogP contribution in [0, 0.1) is 5.92 Å². The number of para-hydroxylation sites is 1. The van der Waals surface area contributed by atoms with Crippen molar-refractivity contribution in [2.75, 3.05) is 19.8 Å². The van der Waals surface area contributed by atoms with Crippen molar-refractivity contribution in [2.24, 2.45) is 5.92 Å². The van der Waals surface area contributed by atoms with Gasteiger partial charge in [0.2, 0.25) is 0 Å². The fraction of sp³-hybridized carbons (Fsp3) is 0.625. The van der Waals surface area contributed by atoms with Gasteiger partial charge in [-0.1, -0.05) is 18.2 Å². The summed E-state index contributed by atoms with van der Waals surface area (Å²) in [7, 11) is 0. The van der Waals surface area contributed by atoms with Crippen LogP contribution in [0.3, 0.4) is 0 Å². The van der Waals surface area contributed by atoms with Gasteiger partial charge in [0.15, 0.2) is 0 Å². The van der Waals surface area contributed by atoms with Crippen LogP contribution in [0.15, 0.2) is 24.3 Å². The Hall–Kier alpha value is -1.06. The van der Waals surface area contributed by atoms with E-state index in [0.717, 1.165) is 38.0 Å². The summed E-state index contributed by atoms with van der Waals surface area (Å²) in [6, 6.07) is 8.28. The van der Waals surface area contributed by atoms with Gasteiger partial charge >= 0.3 is 0 Å². The first-order chi connectivity index (χ1) is 9.25. The molecule has 1 heterocycles. The Morgan fingerprint density at radius 3 is 2.74 bits per heavy atom. The lowest BCUT2D eigenvalue weighted by Gasteiger charge is -2.22. The molecule has 1 fully saturated rings. The molecular formula is C16H25NO2. The van der Waals surface area contributed by atoms with Crippen LogP contribution < -0.4 is 10.1 Å². The van der Waals surface area contributed by atoms with Crippen LogP contribution in [0.25, 0.3) is 0 Å². The quantitative estimate of drug-likeness (QED) is 0.856. The molecule has 1 aliphatic rings. The zero-order chi connectivity index (χ0) is 13.5. The standard InChI is InChI=1S/C16H25NO2/c1-13(2)19-16-6-4-3-5-15(16)12-17-11-14-7-9-18-10-8-14/h3-6,13-14,17H,7-12H2,1-2H3. The number of hydrogen-bond donors (Lipinski definition) is 1. The van der Waals surface area contributed by atoms with Gasteiger partial charge in [0, 0.05) is 25.3 Å². The van der Waals surface area contributed by atoms with Gasteiger partial charge in [0.25, 0.3) is 0 Å². The molecule has 0 unspecified atom stereocenters. The molecule has 19 heavy (non-hydrogen) atoms. The van der Waals surface area contributed by atoms with Gasteiger partial charge in [-0.05, 0) is 45.2 Å². The fourth-order valence-corrected chi connectivity index (χ4v) is 2.38. The van der Waals surface area contributed by atoms with E-state index < -0.39 is 0 Å². The molecule has 0 aliphatic carbocycles. The zero-order valence-corrected chi connectivity index (χ0v) is 12.0. The second-order valence-corrected chi connectivity index (χ2v) is 5.46. The molecule has 1 aliphatic heterocycles. The molecule has 1 aromatic rings. The highest BCUT2D eigenvalue weighted by Crippen LogP contribution is 2.19. The lowest BCUT2D eigenvalue weighted by atomic mass is 10.0. The van der Waals surface area contributed by atoms with E-state index in [-0.39, 0.29) is 6.10 Å². The average molecular weight is 263 g/mol. The normalized spacial score (nSPS) is 16.8. The molecule has 3 heteroatoms. The molecule has 0 amide bonds. The highest BCUT2D eigenvalue weighted by Gasteiger charge is 2.13. The van der Waals surface area contributed by atoms with Gasteiger partial charge in [-0.25, -0.2) is 0 Å². The Kier molecular flexibility index (Phi) is 5.67. The van der Waals surface area contributed by atoms with E-state index in [1.165, 1.54) is 18.4 Å². The van der Waals surface area contributed by atoms with Crippen molar-refractivity contribution in [1.82, 2.24) is 5.32 Å². The van der Waals surface area contributed by atoms with Crippen molar-refractivity contribution in [1.29, 1.82) is 0 Å². The van der Waals surface area contributed by atoms with E-state index in [1.54, 1.807) is 0 Å². The number of rotatable bonds is 6. The van der Waals surface area contributed by atoms with Crippen LogP contribution >= 0.6 is 0 Å². The van der Waals surface area contributed by atoms with Crippen molar-refractivity contribution in [2.45, 2.75) is 39.3 Å². The number of ether oxygens (including phenoxy) is 2.